The smallest absolute Gasteiger partial charge is 0.261 e. The van der Waals surface area contributed by atoms with Gasteiger partial charge in [-0.1, -0.05) is 20.8 Å². The SMILES string of the molecule is CC(C)(C)c1csc(CC(O)CCOCC(F)F)n1. The topological polar surface area (TPSA) is 42.4 Å². The molecule has 1 rings (SSSR count). The maximum Gasteiger partial charge on any atom is 0.261 e. The van der Waals surface area contributed by atoms with Crippen LogP contribution in [0.25, 0.3) is 0 Å². The van der Waals surface area contributed by atoms with Crippen LogP contribution in [0.15, 0.2) is 5.38 Å². The van der Waals surface area contributed by atoms with E-state index < -0.39 is 19.1 Å². The summed E-state index contributed by atoms with van der Waals surface area (Å²) in [6, 6.07) is 0. The van der Waals surface area contributed by atoms with Crippen molar-refractivity contribution in [2.24, 2.45) is 0 Å². The largest absolute Gasteiger partial charge is 0.393 e. The molecule has 110 valence electrons. The van der Waals surface area contributed by atoms with E-state index in [2.05, 4.69) is 25.8 Å². The van der Waals surface area contributed by atoms with Crippen LogP contribution in [0.5, 0.6) is 0 Å². The van der Waals surface area contributed by atoms with E-state index in [1.165, 1.54) is 11.3 Å². The Hall–Kier alpha value is -0.590. The lowest BCUT2D eigenvalue weighted by molar-refractivity contribution is 0.00511. The van der Waals surface area contributed by atoms with E-state index in [9.17, 15) is 13.9 Å². The van der Waals surface area contributed by atoms with Crippen molar-refractivity contribution >= 4 is 11.3 Å². The van der Waals surface area contributed by atoms with E-state index >= 15 is 0 Å². The number of aliphatic hydroxyl groups is 1. The fourth-order valence-corrected chi connectivity index (χ4v) is 2.54. The first-order valence-electron chi connectivity index (χ1n) is 6.28. The molecular weight excluding hydrogens is 272 g/mol. The van der Waals surface area contributed by atoms with Gasteiger partial charge in [-0.2, -0.15) is 0 Å². The summed E-state index contributed by atoms with van der Waals surface area (Å²) >= 11 is 1.52. The first kappa shape index (κ1) is 16.5. The second-order valence-corrected chi connectivity index (χ2v) is 6.43. The van der Waals surface area contributed by atoms with E-state index in [-0.39, 0.29) is 12.0 Å². The number of hydrogen-bond acceptors (Lipinski definition) is 4. The van der Waals surface area contributed by atoms with E-state index in [1.54, 1.807) is 0 Å². The van der Waals surface area contributed by atoms with Crippen molar-refractivity contribution in [1.29, 1.82) is 0 Å². The molecule has 0 saturated carbocycles. The van der Waals surface area contributed by atoms with Crippen LogP contribution in [0.1, 0.15) is 37.9 Å². The number of nitrogens with zero attached hydrogens (tertiary/aromatic N) is 1. The number of halogens is 2. The van der Waals surface area contributed by atoms with Crippen LogP contribution >= 0.6 is 11.3 Å². The van der Waals surface area contributed by atoms with E-state index in [4.69, 9.17) is 4.74 Å². The van der Waals surface area contributed by atoms with Gasteiger partial charge in [-0.05, 0) is 6.42 Å². The zero-order chi connectivity index (χ0) is 14.5. The molecule has 0 fully saturated rings. The summed E-state index contributed by atoms with van der Waals surface area (Å²) in [6.45, 7) is 5.82. The summed E-state index contributed by atoms with van der Waals surface area (Å²) in [5, 5.41) is 12.6. The molecule has 1 unspecified atom stereocenters. The lowest BCUT2D eigenvalue weighted by Gasteiger charge is -2.14. The van der Waals surface area contributed by atoms with Crippen LogP contribution in [-0.2, 0) is 16.6 Å². The highest BCUT2D eigenvalue weighted by Gasteiger charge is 2.18. The third-order valence-corrected chi connectivity index (χ3v) is 3.44. The van der Waals surface area contributed by atoms with Crippen LogP contribution in [0.4, 0.5) is 8.78 Å². The standard InChI is InChI=1S/C13H21F2NO2S/c1-13(2,3)10-8-19-12(16-10)6-9(17)4-5-18-7-11(14)15/h8-9,11,17H,4-7H2,1-3H3. The Balaban J connectivity index is 2.32. The van der Waals surface area contributed by atoms with Gasteiger partial charge in [0.2, 0.25) is 0 Å². The summed E-state index contributed by atoms with van der Waals surface area (Å²) in [7, 11) is 0. The Labute approximate surface area is 116 Å². The highest BCUT2D eigenvalue weighted by Crippen LogP contribution is 2.24. The van der Waals surface area contributed by atoms with E-state index in [0.717, 1.165) is 10.7 Å². The third kappa shape index (κ3) is 6.40. The quantitative estimate of drug-likeness (QED) is 0.786. The first-order chi connectivity index (χ1) is 8.79. The van der Waals surface area contributed by atoms with Gasteiger partial charge in [0.25, 0.3) is 6.43 Å². The molecule has 1 aromatic rings. The fourth-order valence-electron chi connectivity index (χ4n) is 1.44. The molecule has 0 spiro atoms. The van der Waals surface area contributed by atoms with Crippen molar-refractivity contribution in [2.75, 3.05) is 13.2 Å². The second kappa shape index (κ2) is 7.26. The van der Waals surface area contributed by atoms with E-state index in [1.807, 2.05) is 5.38 Å². The van der Waals surface area contributed by atoms with Gasteiger partial charge in [0, 0.05) is 23.8 Å². The molecule has 0 bridgehead atoms. The van der Waals surface area contributed by atoms with Gasteiger partial charge in [0.15, 0.2) is 0 Å². The van der Waals surface area contributed by atoms with Gasteiger partial charge in [-0.25, -0.2) is 13.8 Å². The van der Waals surface area contributed by atoms with Crippen molar-refractivity contribution in [2.45, 2.75) is 51.6 Å². The molecule has 1 heterocycles. The van der Waals surface area contributed by atoms with Gasteiger partial charge in [-0.3, -0.25) is 0 Å². The van der Waals surface area contributed by atoms with Crippen molar-refractivity contribution in [3.8, 4) is 0 Å². The summed E-state index contributed by atoms with van der Waals surface area (Å²) in [5.74, 6) is 0. The molecule has 19 heavy (non-hydrogen) atoms. The Kier molecular flexibility index (Phi) is 6.29. The second-order valence-electron chi connectivity index (χ2n) is 5.49. The lowest BCUT2D eigenvalue weighted by atomic mass is 9.93. The van der Waals surface area contributed by atoms with Crippen molar-refractivity contribution < 1.29 is 18.6 Å². The molecule has 3 nitrogen and oxygen atoms in total. The average molecular weight is 293 g/mol. The molecule has 1 N–H and O–H groups in total. The van der Waals surface area contributed by atoms with Crippen molar-refractivity contribution in [3.05, 3.63) is 16.1 Å². The maximum absolute atomic E-state index is 11.8. The molecule has 6 heteroatoms. The Bertz CT molecular complexity index is 377. The van der Waals surface area contributed by atoms with Crippen LogP contribution in [0.2, 0.25) is 0 Å². The van der Waals surface area contributed by atoms with Crippen LogP contribution < -0.4 is 0 Å². The molecule has 0 aliphatic carbocycles. The minimum atomic E-state index is -2.45. The molecule has 0 amide bonds. The highest BCUT2D eigenvalue weighted by atomic mass is 32.1. The van der Waals surface area contributed by atoms with Gasteiger partial charge < -0.3 is 9.84 Å². The molecule has 0 aliphatic heterocycles. The monoisotopic (exact) mass is 293 g/mol. The first-order valence-corrected chi connectivity index (χ1v) is 7.16. The van der Waals surface area contributed by atoms with Crippen molar-refractivity contribution in [1.82, 2.24) is 4.98 Å². The Morgan fingerprint density at radius 1 is 1.42 bits per heavy atom. The third-order valence-electron chi connectivity index (χ3n) is 2.57. The molecule has 0 aromatic carbocycles. The minimum absolute atomic E-state index is 0.0000772. The number of aliphatic hydroxyl groups excluding tert-OH is 1. The number of aromatic nitrogens is 1. The molecular formula is C13H21F2NO2S. The van der Waals surface area contributed by atoms with Crippen molar-refractivity contribution in [3.63, 3.8) is 0 Å². The predicted octanol–water partition coefficient (Wildman–Crippen LogP) is 3.02. The van der Waals surface area contributed by atoms with E-state index in [0.29, 0.717) is 12.8 Å². The van der Waals surface area contributed by atoms with Crippen LogP contribution in [0, 0.1) is 0 Å². The minimum Gasteiger partial charge on any atom is -0.393 e. The number of rotatable bonds is 7. The zero-order valence-corrected chi connectivity index (χ0v) is 12.3. The van der Waals surface area contributed by atoms with Gasteiger partial charge in [0.1, 0.15) is 6.61 Å². The number of alkyl halides is 2. The Morgan fingerprint density at radius 2 is 2.11 bits per heavy atom. The fraction of sp³-hybridized carbons (Fsp3) is 0.769. The van der Waals surface area contributed by atoms with Gasteiger partial charge >= 0.3 is 0 Å². The summed E-state index contributed by atoms with van der Waals surface area (Å²) in [5.41, 5.74) is 1.01. The molecule has 0 aliphatic rings. The lowest BCUT2D eigenvalue weighted by Crippen LogP contribution is -2.16. The number of thiazole rings is 1. The average Bonchev–Trinajstić information content (AvgIpc) is 2.72. The van der Waals surface area contributed by atoms with Gasteiger partial charge in [0.05, 0.1) is 16.8 Å². The summed E-state index contributed by atoms with van der Waals surface area (Å²) in [4.78, 5) is 4.48. The summed E-state index contributed by atoms with van der Waals surface area (Å²) < 4.78 is 28.4. The normalized spacial score (nSPS) is 14.1. The Morgan fingerprint density at radius 3 is 2.63 bits per heavy atom. The van der Waals surface area contributed by atoms with Crippen LogP contribution in [-0.4, -0.2) is 35.8 Å². The summed E-state index contributed by atoms with van der Waals surface area (Å²) in [6.07, 6.45) is -2.27. The molecule has 0 saturated heterocycles. The molecule has 1 atom stereocenters. The number of hydrogen-bond donors (Lipinski definition) is 1. The highest BCUT2D eigenvalue weighted by molar-refractivity contribution is 7.09. The zero-order valence-electron chi connectivity index (χ0n) is 11.5. The predicted molar refractivity (Wildman–Crippen MR) is 72.0 cm³/mol. The maximum atomic E-state index is 11.8. The van der Waals surface area contributed by atoms with Gasteiger partial charge in [-0.15, -0.1) is 11.3 Å². The molecule has 1 aromatic heterocycles. The molecule has 0 radical (unpaired) electrons. The van der Waals surface area contributed by atoms with Crippen LogP contribution in [0.3, 0.4) is 0 Å². The number of ether oxygens (including phenoxy) is 1.